The first kappa shape index (κ1) is 18.9. The summed E-state index contributed by atoms with van der Waals surface area (Å²) in [4.78, 5) is 22.9. The quantitative estimate of drug-likeness (QED) is 0.755. The van der Waals surface area contributed by atoms with Crippen LogP contribution in [0.15, 0.2) is 36.7 Å². The van der Waals surface area contributed by atoms with Gasteiger partial charge in [-0.1, -0.05) is 12.1 Å². The summed E-state index contributed by atoms with van der Waals surface area (Å²) in [5, 5.41) is 8.78. The number of carbonyl (C=O) groups is 1. The number of amides is 1. The number of likely N-dealkylation sites (tertiary alicyclic amines) is 1. The minimum Gasteiger partial charge on any atom is -0.463 e. The zero-order chi connectivity index (χ0) is 20.9. The molecule has 1 aromatic carbocycles. The van der Waals surface area contributed by atoms with Crippen molar-refractivity contribution in [3.05, 3.63) is 53.6 Å². The van der Waals surface area contributed by atoms with E-state index in [2.05, 4.69) is 9.97 Å². The van der Waals surface area contributed by atoms with Gasteiger partial charge in [-0.15, -0.1) is 0 Å². The van der Waals surface area contributed by atoms with Crippen molar-refractivity contribution in [2.45, 2.75) is 37.9 Å². The molecule has 6 rings (SSSR count). The number of hydrogen-bond donors (Lipinski definition) is 0. The number of hydrogen-bond acceptors (Lipinski definition) is 5. The van der Waals surface area contributed by atoms with Crippen molar-refractivity contribution in [2.75, 3.05) is 13.2 Å². The number of ether oxygens (including phenoxy) is 1. The first-order valence-electron chi connectivity index (χ1n) is 9.98. The highest BCUT2D eigenvalue weighted by Gasteiger charge is 2.72. The number of benzene rings is 1. The van der Waals surface area contributed by atoms with Crippen LogP contribution < -0.4 is 4.74 Å². The third-order valence-corrected chi connectivity index (χ3v) is 6.60. The fourth-order valence-corrected chi connectivity index (χ4v) is 5.39. The van der Waals surface area contributed by atoms with Gasteiger partial charge in [0.2, 0.25) is 5.91 Å². The minimum atomic E-state index is -1.10. The van der Waals surface area contributed by atoms with Crippen molar-refractivity contribution in [1.82, 2.24) is 14.9 Å². The van der Waals surface area contributed by atoms with Crippen LogP contribution in [-0.2, 0) is 4.79 Å². The van der Waals surface area contributed by atoms with Crippen molar-refractivity contribution in [3.8, 4) is 12.1 Å². The van der Waals surface area contributed by atoms with Crippen molar-refractivity contribution in [3.63, 3.8) is 0 Å². The van der Waals surface area contributed by atoms with Gasteiger partial charge in [-0.2, -0.15) is 5.26 Å². The first-order chi connectivity index (χ1) is 14.4. The zero-order valence-corrected chi connectivity index (χ0v) is 16.2. The SMILES string of the molecule is N#Cc1cnc(OCC23CC(C(=O)N4CC(F)CC4c4cccc(F)c4)(C2)C3)nc1. The molecule has 4 fully saturated rings. The highest BCUT2D eigenvalue weighted by molar-refractivity contribution is 5.87. The van der Waals surface area contributed by atoms with Crippen LogP contribution in [0.25, 0.3) is 0 Å². The molecule has 1 aliphatic heterocycles. The van der Waals surface area contributed by atoms with E-state index >= 15 is 0 Å². The van der Waals surface area contributed by atoms with Crippen molar-refractivity contribution >= 4 is 5.91 Å². The van der Waals surface area contributed by atoms with Crippen LogP contribution in [0.2, 0.25) is 0 Å². The van der Waals surface area contributed by atoms with Crippen LogP contribution in [0.3, 0.4) is 0 Å². The molecule has 6 nitrogen and oxygen atoms in total. The van der Waals surface area contributed by atoms with E-state index in [1.165, 1.54) is 24.5 Å². The van der Waals surface area contributed by atoms with E-state index in [1.807, 2.05) is 6.07 Å². The fraction of sp³-hybridized carbons (Fsp3) is 0.455. The fourth-order valence-electron chi connectivity index (χ4n) is 5.39. The van der Waals surface area contributed by atoms with Gasteiger partial charge in [-0.25, -0.2) is 18.7 Å². The minimum absolute atomic E-state index is 0.0339. The summed E-state index contributed by atoms with van der Waals surface area (Å²) in [6.07, 6.45) is 4.00. The number of aromatic nitrogens is 2. The van der Waals surface area contributed by atoms with Crippen LogP contribution in [0, 0.1) is 28.0 Å². The molecule has 3 saturated carbocycles. The van der Waals surface area contributed by atoms with E-state index in [4.69, 9.17) is 10.00 Å². The summed E-state index contributed by atoms with van der Waals surface area (Å²) in [6.45, 7) is 0.470. The Balaban J connectivity index is 1.22. The predicted octanol–water partition coefficient (Wildman–Crippen LogP) is 3.35. The molecule has 4 aliphatic rings. The van der Waals surface area contributed by atoms with Gasteiger partial charge in [0.1, 0.15) is 18.1 Å². The lowest BCUT2D eigenvalue weighted by molar-refractivity contribution is -0.226. The van der Waals surface area contributed by atoms with E-state index < -0.39 is 17.6 Å². The Morgan fingerprint density at radius 3 is 2.70 bits per heavy atom. The molecule has 154 valence electrons. The van der Waals surface area contributed by atoms with Crippen LogP contribution >= 0.6 is 0 Å². The van der Waals surface area contributed by atoms with Crippen LogP contribution in [-0.4, -0.2) is 40.1 Å². The third-order valence-electron chi connectivity index (χ3n) is 6.60. The molecule has 1 saturated heterocycles. The molecule has 3 aliphatic carbocycles. The average Bonchev–Trinajstić information content (AvgIpc) is 3.08. The van der Waals surface area contributed by atoms with E-state index in [0.717, 1.165) is 0 Å². The average molecular weight is 410 g/mol. The maximum atomic E-state index is 14.2. The summed E-state index contributed by atoms with van der Waals surface area (Å²) in [5.74, 6) is -0.415. The molecule has 2 heterocycles. The van der Waals surface area contributed by atoms with E-state index in [9.17, 15) is 13.6 Å². The van der Waals surface area contributed by atoms with Crippen LogP contribution in [0.4, 0.5) is 8.78 Å². The van der Waals surface area contributed by atoms with Crippen LogP contribution in [0.5, 0.6) is 6.01 Å². The number of rotatable bonds is 5. The molecule has 30 heavy (non-hydrogen) atoms. The first-order valence-corrected chi connectivity index (χ1v) is 9.98. The Kier molecular flexibility index (Phi) is 4.24. The maximum Gasteiger partial charge on any atom is 0.316 e. The van der Waals surface area contributed by atoms with Gasteiger partial charge in [0.15, 0.2) is 0 Å². The molecule has 1 aromatic heterocycles. The normalized spacial score (nSPS) is 31.4. The molecule has 0 N–H and O–H groups in total. The Morgan fingerprint density at radius 2 is 2.03 bits per heavy atom. The van der Waals surface area contributed by atoms with Crippen molar-refractivity contribution < 1.29 is 18.3 Å². The Hall–Kier alpha value is -3.08. The lowest BCUT2D eigenvalue weighted by Crippen LogP contribution is -2.69. The Bertz CT molecular complexity index is 1020. The molecule has 2 atom stereocenters. The molecule has 1 amide bonds. The molecule has 0 spiro atoms. The second kappa shape index (κ2) is 6.73. The molecular weight excluding hydrogens is 390 g/mol. The monoisotopic (exact) mass is 410 g/mol. The summed E-state index contributed by atoms with van der Waals surface area (Å²) < 4.78 is 33.5. The lowest BCUT2D eigenvalue weighted by atomic mass is 9.35. The predicted molar refractivity (Wildman–Crippen MR) is 101 cm³/mol. The highest BCUT2D eigenvalue weighted by atomic mass is 19.1. The van der Waals surface area contributed by atoms with E-state index in [-0.39, 0.29) is 36.1 Å². The smallest absolute Gasteiger partial charge is 0.316 e. The number of carbonyl (C=O) groups excluding carboxylic acids is 1. The maximum absolute atomic E-state index is 14.2. The van der Waals surface area contributed by atoms with Crippen LogP contribution in [0.1, 0.15) is 42.9 Å². The molecule has 2 aromatic rings. The van der Waals surface area contributed by atoms with Gasteiger partial charge in [-0.3, -0.25) is 4.79 Å². The Labute approximate surface area is 172 Å². The van der Waals surface area contributed by atoms with Crippen molar-refractivity contribution in [2.24, 2.45) is 10.8 Å². The summed E-state index contributed by atoms with van der Waals surface area (Å²) in [7, 11) is 0. The molecule has 0 radical (unpaired) electrons. The van der Waals surface area contributed by atoms with Gasteiger partial charge in [-0.05, 0) is 37.0 Å². The number of alkyl halides is 1. The van der Waals surface area contributed by atoms with E-state index in [0.29, 0.717) is 37.0 Å². The third kappa shape index (κ3) is 3.00. The van der Waals surface area contributed by atoms with Crippen molar-refractivity contribution in [1.29, 1.82) is 5.26 Å². The van der Waals surface area contributed by atoms with Gasteiger partial charge in [0, 0.05) is 11.8 Å². The molecule has 2 bridgehead atoms. The summed E-state index contributed by atoms with van der Waals surface area (Å²) in [6, 6.07) is 7.82. The van der Waals surface area contributed by atoms with Gasteiger partial charge in [0.25, 0.3) is 0 Å². The topological polar surface area (TPSA) is 79.1 Å². The highest BCUT2D eigenvalue weighted by Crippen LogP contribution is 2.74. The van der Waals surface area contributed by atoms with Gasteiger partial charge in [0.05, 0.1) is 42.6 Å². The van der Waals surface area contributed by atoms with Gasteiger partial charge >= 0.3 is 6.01 Å². The standard InChI is InChI=1S/C22H20F2N4O2/c23-16-3-1-2-15(4-16)18-5-17(24)9-28(18)19(29)22-10-21(11-22,12-22)13-30-20-26-7-14(6-25)8-27-20/h1-4,7-8,17-18H,5,9-13H2. The molecule has 2 unspecified atom stereocenters. The zero-order valence-electron chi connectivity index (χ0n) is 16.2. The second-order valence-electron chi connectivity index (χ2n) is 8.83. The van der Waals surface area contributed by atoms with E-state index in [1.54, 1.807) is 17.0 Å². The largest absolute Gasteiger partial charge is 0.463 e. The summed E-state index contributed by atoms with van der Waals surface area (Å²) in [5.41, 5.74) is 0.480. The van der Waals surface area contributed by atoms with Gasteiger partial charge < -0.3 is 9.64 Å². The Morgan fingerprint density at radius 1 is 1.30 bits per heavy atom. The molecular formula is C22H20F2N4O2. The number of halogens is 2. The number of nitriles is 1. The summed E-state index contributed by atoms with van der Waals surface area (Å²) >= 11 is 0. The second-order valence-corrected chi connectivity index (χ2v) is 8.83. The number of nitrogens with zero attached hydrogens (tertiary/aromatic N) is 4. The molecule has 8 heteroatoms. The lowest BCUT2D eigenvalue weighted by Gasteiger charge is -2.69.